The molecule has 0 unspecified atom stereocenters. The molecular formula is C17H15BrN2OS. The Kier molecular flexibility index (Phi) is 6.05. The van der Waals surface area contributed by atoms with E-state index in [0.717, 1.165) is 21.3 Å². The van der Waals surface area contributed by atoms with Gasteiger partial charge in [0.2, 0.25) is 5.91 Å². The van der Waals surface area contributed by atoms with E-state index in [2.05, 4.69) is 27.3 Å². The van der Waals surface area contributed by atoms with Crippen molar-refractivity contribution >= 4 is 39.3 Å². The Balaban J connectivity index is 1.82. The highest BCUT2D eigenvalue weighted by atomic mass is 79.9. The van der Waals surface area contributed by atoms with Crippen molar-refractivity contribution in [2.45, 2.75) is 12.7 Å². The largest absolute Gasteiger partial charge is 0.325 e. The number of aryl methyl sites for hydroxylation is 1. The third-order valence-electron chi connectivity index (χ3n) is 3.01. The highest BCUT2D eigenvalue weighted by molar-refractivity contribution is 9.10. The third kappa shape index (κ3) is 4.90. The van der Waals surface area contributed by atoms with Crippen LogP contribution in [-0.2, 0) is 10.5 Å². The summed E-state index contributed by atoms with van der Waals surface area (Å²) in [6, 6.07) is 15.3. The number of benzene rings is 2. The van der Waals surface area contributed by atoms with Crippen LogP contribution in [0, 0.1) is 18.3 Å². The molecule has 0 saturated heterocycles. The summed E-state index contributed by atoms with van der Waals surface area (Å²) in [6.07, 6.45) is 0. The molecule has 1 amide bonds. The van der Waals surface area contributed by atoms with Crippen molar-refractivity contribution in [3.05, 3.63) is 63.6 Å². The molecular weight excluding hydrogens is 360 g/mol. The van der Waals surface area contributed by atoms with Gasteiger partial charge in [0.25, 0.3) is 0 Å². The smallest absolute Gasteiger partial charge is 0.234 e. The van der Waals surface area contributed by atoms with Crippen molar-refractivity contribution in [2.24, 2.45) is 0 Å². The van der Waals surface area contributed by atoms with Gasteiger partial charge in [0.1, 0.15) is 0 Å². The molecule has 0 fully saturated rings. The summed E-state index contributed by atoms with van der Waals surface area (Å²) in [6.45, 7) is 2.00. The number of rotatable bonds is 5. The van der Waals surface area contributed by atoms with E-state index in [1.54, 1.807) is 6.07 Å². The molecule has 0 aliphatic heterocycles. The summed E-state index contributed by atoms with van der Waals surface area (Å²) >= 11 is 4.98. The number of anilines is 1. The molecule has 2 rings (SSSR count). The van der Waals surface area contributed by atoms with Crippen LogP contribution >= 0.6 is 27.7 Å². The summed E-state index contributed by atoms with van der Waals surface area (Å²) in [7, 11) is 0. The standard InChI is InChI=1S/C17H15BrN2OS/c1-12-5-6-15(8-16(12)18)20-17(21)11-22-10-14-4-2-3-13(7-14)9-19/h2-8H,10-11H2,1H3,(H,20,21). The Bertz CT molecular complexity index is 725. The second-order valence-corrected chi connectivity index (χ2v) is 6.66. The van der Waals surface area contributed by atoms with E-state index < -0.39 is 0 Å². The second-order valence-electron chi connectivity index (χ2n) is 4.82. The maximum absolute atomic E-state index is 11.9. The first-order valence-corrected chi connectivity index (χ1v) is 8.66. The minimum absolute atomic E-state index is 0.0304. The van der Waals surface area contributed by atoms with Gasteiger partial charge in [-0.05, 0) is 42.3 Å². The van der Waals surface area contributed by atoms with Gasteiger partial charge in [-0.15, -0.1) is 11.8 Å². The van der Waals surface area contributed by atoms with Gasteiger partial charge in [0.05, 0.1) is 17.4 Å². The first-order valence-electron chi connectivity index (χ1n) is 6.71. The van der Waals surface area contributed by atoms with Crippen molar-refractivity contribution in [1.82, 2.24) is 0 Å². The normalized spacial score (nSPS) is 10.0. The molecule has 0 aliphatic carbocycles. The van der Waals surface area contributed by atoms with Crippen LogP contribution in [0.25, 0.3) is 0 Å². The Labute approximate surface area is 142 Å². The maximum Gasteiger partial charge on any atom is 0.234 e. The first kappa shape index (κ1) is 16.6. The molecule has 0 saturated carbocycles. The number of hydrogen-bond donors (Lipinski definition) is 1. The van der Waals surface area contributed by atoms with Crippen molar-refractivity contribution in [3.63, 3.8) is 0 Å². The van der Waals surface area contributed by atoms with E-state index in [4.69, 9.17) is 5.26 Å². The quantitative estimate of drug-likeness (QED) is 0.837. The van der Waals surface area contributed by atoms with Crippen molar-refractivity contribution in [2.75, 3.05) is 11.1 Å². The number of hydrogen-bond acceptors (Lipinski definition) is 3. The lowest BCUT2D eigenvalue weighted by atomic mass is 10.2. The highest BCUT2D eigenvalue weighted by Crippen LogP contribution is 2.21. The molecule has 0 spiro atoms. The number of halogens is 1. The van der Waals surface area contributed by atoms with Gasteiger partial charge < -0.3 is 5.32 Å². The topological polar surface area (TPSA) is 52.9 Å². The fraction of sp³-hybridized carbons (Fsp3) is 0.176. The van der Waals surface area contributed by atoms with E-state index in [1.807, 2.05) is 43.3 Å². The summed E-state index contributed by atoms with van der Waals surface area (Å²) in [5.74, 6) is 1.06. The van der Waals surface area contributed by atoms with E-state index in [1.165, 1.54) is 11.8 Å². The molecule has 0 aromatic heterocycles. The number of carbonyl (C=O) groups is 1. The van der Waals surface area contributed by atoms with Crippen molar-refractivity contribution in [1.29, 1.82) is 5.26 Å². The van der Waals surface area contributed by atoms with Gasteiger partial charge in [-0.2, -0.15) is 5.26 Å². The zero-order valence-corrected chi connectivity index (χ0v) is 14.5. The number of amides is 1. The van der Waals surface area contributed by atoms with Gasteiger partial charge >= 0.3 is 0 Å². The molecule has 1 N–H and O–H groups in total. The van der Waals surface area contributed by atoms with Gasteiger partial charge in [-0.25, -0.2) is 0 Å². The lowest BCUT2D eigenvalue weighted by Gasteiger charge is -2.07. The average molecular weight is 375 g/mol. The molecule has 0 radical (unpaired) electrons. The summed E-state index contributed by atoms with van der Waals surface area (Å²) < 4.78 is 0.978. The van der Waals surface area contributed by atoms with Crippen LogP contribution in [0.5, 0.6) is 0 Å². The van der Waals surface area contributed by atoms with Crippen LogP contribution in [-0.4, -0.2) is 11.7 Å². The van der Waals surface area contributed by atoms with Gasteiger partial charge in [-0.3, -0.25) is 4.79 Å². The van der Waals surface area contributed by atoms with Crippen LogP contribution < -0.4 is 5.32 Å². The van der Waals surface area contributed by atoms with Crippen LogP contribution in [0.3, 0.4) is 0 Å². The summed E-state index contributed by atoms with van der Waals surface area (Å²) in [5.41, 5.74) is 3.61. The molecule has 0 aliphatic rings. The second kappa shape index (κ2) is 8.02. The van der Waals surface area contributed by atoms with Crippen LogP contribution in [0.1, 0.15) is 16.7 Å². The molecule has 0 bridgehead atoms. The van der Waals surface area contributed by atoms with Gasteiger partial charge in [0.15, 0.2) is 0 Å². The minimum atomic E-state index is -0.0304. The zero-order valence-electron chi connectivity index (χ0n) is 12.1. The molecule has 5 heteroatoms. The lowest BCUT2D eigenvalue weighted by molar-refractivity contribution is -0.113. The highest BCUT2D eigenvalue weighted by Gasteiger charge is 2.05. The van der Waals surface area contributed by atoms with Gasteiger partial charge in [0, 0.05) is 15.9 Å². The summed E-state index contributed by atoms with van der Waals surface area (Å²) in [5, 5.41) is 11.7. The van der Waals surface area contributed by atoms with Crippen molar-refractivity contribution in [3.8, 4) is 6.07 Å². The molecule has 0 atom stereocenters. The van der Waals surface area contributed by atoms with E-state index in [0.29, 0.717) is 17.1 Å². The molecule has 112 valence electrons. The molecule has 0 heterocycles. The number of nitriles is 1. The van der Waals surface area contributed by atoms with E-state index in [-0.39, 0.29) is 5.91 Å². The fourth-order valence-electron chi connectivity index (χ4n) is 1.86. The average Bonchev–Trinajstić information content (AvgIpc) is 2.51. The lowest BCUT2D eigenvalue weighted by Crippen LogP contribution is -2.14. The number of carbonyl (C=O) groups excluding carboxylic acids is 1. The van der Waals surface area contributed by atoms with Crippen LogP contribution in [0.2, 0.25) is 0 Å². The van der Waals surface area contributed by atoms with Crippen LogP contribution in [0.4, 0.5) is 5.69 Å². The molecule has 2 aromatic carbocycles. The minimum Gasteiger partial charge on any atom is -0.325 e. The third-order valence-corrected chi connectivity index (χ3v) is 4.87. The Morgan fingerprint density at radius 3 is 2.86 bits per heavy atom. The van der Waals surface area contributed by atoms with Gasteiger partial charge in [-0.1, -0.05) is 34.1 Å². The predicted molar refractivity (Wildman–Crippen MR) is 94.8 cm³/mol. The zero-order chi connectivity index (χ0) is 15.9. The van der Waals surface area contributed by atoms with Crippen LogP contribution in [0.15, 0.2) is 46.9 Å². The molecule has 2 aromatic rings. The molecule has 3 nitrogen and oxygen atoms in total. The van der Waals surface area contributed by atoms with Crippen molar-refractivity contribution < 1.29 is 4.79 Å². The maximum atomic E-state index is 11.9. The van der Waals surface area contributed by atoms with E-state index >= 15 is 0 Å². The molecule has 22 heavy (non-hydrogen) atoms. The predicted octanol–water partition coefficient (Wildman–Crippen LogP) is 4.50. The number of nitrogens with one attached hydrogen (secondary N) is 1. The number of thioether (sulfide) groups is 1. The Morgan fingerprint density at radius 1 is 1.32 bits per heavy atom. The SMILES string of the molecule is Cc1ccc(NC(=O)CSCc2cccc(C#N)c2)cc1Br. The Morgan fingerprint density at radius 2 is 2.14 bits per heavy atom. The monoisotopic (exact) mass is 374 g/mol. The number of nitrogens with zero attached hydrogens (tertiary/aromatic N) is 1. The first-order chi connectivity index (χ1) is 10.6. The summed E-state index contributed by atoms with van der Waals surface area (Å²) in [4.78, 5) is 11.9. The Hall–Kier alpha value is -1.77. The van der Waals surface area contributed by atoms with E-state index in [9.17, 15) is 4.79 Å². The fourth-order valence-corrected chi connectivity index (χ4v) is 3.01.